The van der Waals surface area contributed by atoms with E-state index in [1.54, 1.807) is 0 Å². The molecule has 0 saturated heterocycles. The SMILES string of the molecule is COCCn1c(=O)c2c(ncn2Cc2ccc(F)c(F)c2)n(-c2ccc(F)cc2)c1=O. The Labute approximate surface area is 173 Å². The number of methoxy groups -OCH3 is 1. The Morgan fingerprint density at radius 2 is 1.74 bits per heavy atom. The summed E-state index contributed by atoms with van der Waals surface area (Å²) in [6, 6.07) is 8.59. The van der Waals surface area contributed by atoms with Gasteiger partial charge in [-0.3, -0.25) is 9.36 Å². The molecule has 0 amide bonds. The van der Waals surface area contributed by atoms with Gasteiger partial charge < -0.3 is 9.30 Å². The first-order chi connectivity index (χ1) is 14.9. The van der Waals surface area contributed by atoms with Gasteiger partial charge in [0.1, 0.15) is 5.82 Å². The van der Waals surface area contributed by atoms with Gasteiger partial charge in [0.25, 0.3) is 5.56 Å². The lowest BCUT2D eigenvalue weighted by molar-refractivity contribution is 0.184. The van der Waals surface area contributed by atoms with Crippen LogP contribution in [0.3, 0.4) is 0 Å². The van der Waals surface area contributed by atoms with Crippen LogP contribution in [0.2, 0.25) is 0 Å². The van der Waals surface area contributed by atoms with Crippen LogP contribution in [0.1, 0.15) is 5.56 Å². The minimum absolute atomic E-state index is 0.0122. The number of halogens is 3. The van der Waals surface area contributed by atoms with E-state index in [2.05, 4.69) is 4.98 Å². The summed E-state index contributed by atoms with van der Waals surface area (Å²) in [5.41, 5.74) is -0.376. The van der Waals surface area contributed by atoms with Crippen LogP contribution in [0.15, 0.2) is 58.4 Å². The molecule has 0 bridgehead atoms. The Hall–Kier alpha value is -3.66. The van der Waals surface area contributed by atoms with Gasteiger partial charge in [0, 0.05) is 13.7 Å². The van der Waals surface area contributed by atoms with E-state index in [-0.39, 0.29) is 30.9 Å². The summed E-state index contributed by atoms with van der Waals surface area (Å²) in [5.74, 6) is -2.47. The molecule has 0 aliphatic heterocycles. The monoisotopic (exact) mass is 430 g/mol. The first-order valence-electron chi connectivity index (χ1n) is 9.30. The number of nitrogens with zero attached hydrogens (tertiary/aromatic N) is 4. The molecule has 0 radical (unpaired) electrons. The topological polar surface area (TPSA) is 71.1 Å². The van der Waals surface area contributed by atoms with Crippen LogP contribution in [-0.2, 0) is 17.8 Å². The summed E-state index contributed by atoms with van der Waals surface area (Å²) in [4.78, 5) is 30.4. The van der Waals surface area contributed by atoms with E-state index >= 15 is 0 Å². The van der Waals surface area contributed by atoms with Crippen molar-refractivity contribution in [1.29, 1.82) is 0 Å². The van der Waals surface area contributed by atoms with E-state index in [9.17, 15) is 22.8 Å². The average molecular weight is 430 g/mol. The molecule has 160 valence electrons. The number of hydrogen-bond donors (Lipinski definition) is 0. The highest BCUT2D eigenvalue weighted by molar-refractivity contribution is 5.72. The van der Waals surface area contributed by atoms with Crippen molar-refractivity contribution < 1.29 is 17.9 Å². The molecular weight excluding hydrogens is 413 g/mol. The van der Waals surface area contributed by atoms with Gasteiger partial charge in [0.2, 0.25) is 0 Å². The maximum absolute atomic E-state index is 13.6. The van der Waals surface area contributed by atoms with E-state index in [0.29, 0.717) is 11.3 Å². The van der Waals surface area contributed by atoms with Gasteiger partial charge in [-0.15, -0.1) is 0 Å². The molecule has 0 unspecified atom stereocenters. The Kier molecular flexibility index (Phi) is 5.47. The van der Waals surface area contributed by atoms with Crippen molar-refractivity contribution in [3.8, 4) is 5.69 Å². The zero-order valence-corrected chi connectivity index (χ0v) is 16.4. The maximum Gasteiger partial charge on any atom is 0.337 e. The zero-order valence-electron chi connectivity index (χ0n) is 16.4. The summed E-state index contributed by atoms with van der Waals surface area (Å²) in [6.45, 7) is 0.123. The molecule has 0 fully saturated rings. The zero-order chi connectivity index (χ0) is 22.1. The second-order valence-electron chi connectivity index (χ2n) is 6.84. The molecule has 0 N–H and O–H groups in total. The lowest BCUT2D eigenvalue weighted by atomic mass is 10.2. The van der Waals surface area contributed by atoms with E-state index in [1.165, 1.54) is 52.9 Å². The predicted molar refractivity (Wildman–Crippen MR) is 107 cm³/mol. The third kappa shape index (κ3) is 3.77. The first-order valence-corrected chi connectivity index (χ1v) is 9.30. The largest absolute Gasteiger partial charge is 0.383 e. The molecule has 0 aliphatic carbocycles. The number of fused-ring (bicyclic) bond motifs is 1. The van der Waals surface area contributed by atoms with Gasteiger partial charge in [-0.05, 0) is 42.0 Å². The Morgan fingerprint density at radius 1 is 1.00 bits per heavy atom. The van der Waals surface area contributed by atoms with Crippen LogP contribution in [0.25, 0.3) is 16.9 Å². The van der Waals surface area contributed by atoms with Gasteiger partial charge in [-0.25, -0.2) is 27.5 Å². The quantitative estimate of drug-likeness (QED) is 0.471. The van der Waals surface area contributed by atoms with Crippen molar-refractivity contribution in [3.63, 3.8) is 0 Å². The van der Waals surface area contributed by atoms with E-state index in [4.69, 9.17) is 4.74 Å². The standard InChI is InChI=1S/C21H17F3N4O3/c1-31-9-8-27-20(29)18-19(28(21(27)30)15-5-3-14(22)4-6-15)25-12-26(18)11-13-2-7-16(23)17(24)10-13/h2-7,10,12H,8-9,11H2,1H3. The third-order valence-corrected chi connectivity index (χ3v) is 4.84. The fourth-order valence-electron chi connectivity index (χ4n) is 3.34. The highest BCUT2D eigenvalue weighted by atomic mass is 19.2. The van der Waals surface area contributed by atoms with Gasteiger partial charge >= 0.3 is 5.69 Å². The Bertz CT molecular complexity index is 1370. The second kappa shape index (κ2) is 8.23. The molecule has 0 spiro atoms. The van der Waals surface area contributed by atoms with E-state index < -0.39 is 28.7 Å². The minimum Gasteiger partial charge on any atom is -0.383 e. The van der Waals surface area contributed by atoms with Crippen LogP contribution in [0, 0.1) is 17.5 Å². The smallest absolute Gasteiger partial charge is 0.337 e. The number of hydrogen-bond acceptors (Lipinski definition) is 4. The van der Waals surface area contributed by atoms with Crippen molar-refractivity contribution >= 4 is 11.2 Å². The van der Waals surface area contributed by atoms with Crippen LogP contribution in [-0.4, -0.2) is 32.4 Å². The normalized spacial score (nSPS) is 11.4. The van der Waals surface area contributed by atoms with Gasteiger partial charge in [-0.1, -0.05) is 6.07 Å². The van der Waals surface area contributed by atoms with Crippen LogP contribution in [0.5, 0.6) is 0 Å². The summed E-state index contributed by atoms with van der Waals surface area (Å²) < 4.78 is 48.9. The predicted octanol–water partition coefficient (Wildman–Crippen LogP) is 2.46. The molecule has 4 aromatic rings. The summed E-state index contributed by atoms with van der Waals surface area (Å²) in [7, 11) is 1.44. The molecule has 31 heavy (non-hydrogen) atoms. The van der Waals surface area contributed by atoms with E-state index in [1.807, 2.05) is 0 Å². The molecule has 2 aromatic heterocycles. The number of rotatable bonds is 6. The number of benzene rings is 2. The second-order valence-corrected chi connectivity index (χ2v) is 6.84. The highest BCUT2D eigenvalue weighted by Gasteiger charge is 2.19. The fourth-order valence-corrected chi connectivity index (χ4v) is 3.34. The maximum atomic E-state index is 13.6. The molecule has 10 heteroatoms. The van der Waals surface area contributed by atoms with Crippen molar-refractivity contribution in [2.45, 2.75) is 13.1 Å². The van der Waals surface area contributed by atoms with Crippen molar-refractivity contribution in [3.05, 3.63) is 92.6 Å². The van der Waals surface area contributed by atoms with Crippen molar-refractivity contribution in [2.24, 2.45) is 0 Å². The number of imidazole rings is 1. The number of aromatic nitrogens is 4. The molecular formula is C21H17F3N4O3. The van der Waals surface area contributed by atoms with Crippen LogP contribution in [0.4, 0.5) is 13.2 Å². The summed E-state index contributed by atoms with van der Waals surface area (Å²) in [6.07, 6.45) is 1.34. The fraction of sp³-hybridized carbons (Fsp3) is 0.190. The Morgan fingerprint density at radius 3 is 2.42 bits per heavy atom. The molecule has 7 nitrogen and oxygen atoms in total. The molecule has 0 atom stereocenters. The lowest BCUT2D eigenvalue weighted by Crippen LogP contribution is -2.41. The molecule has 2 heterocycles. The summed E-state index contributed by atoms with van der Waals surface area (Å²) >= 11 is 0. The molecule has 4 rings (SSSR count). The molecule has 0 saturated carbocycles. The minimum atomic E-state index is -1.01. The van der Waals surface area contributed by atoms with Crippen LogP contribution < -0.4 is 11.2 Å². The lowest BCUT2D eigenvalue weighted by Gasteiger charge is -2.12. The highest BCUT2D eigenvalue weighted by Crippen LogP contribution is 2.16. The summed E-state index contributed by atoms with van der Waals surface area (Å²) in [5, 5.41) is 0. The van der Waals surface area contributed by atoms with Gasteiger partial charge in [0.05, 0.1) is 25.2 Å². The molecule has 0 aliphatic rings. The van der Waals surface area contributed by atoms with Gasteiger partial charge in [0.15, 0.2) is 22.8 Å². The van der Waals surface area contributed by atoms with Crippen molar-refractivity contribution in [1.82, 2.24) is 18.7 Å². The average Bonchev–Trinajstić information content (AvgIpc) is 3.15. The van der Waals surface area contributed by atoms with Crippen LogP contribution >= 0.6 is 0 Å². The number of ether oxygens (including phenoxy) is 1. The Balaban J connectivity index is 1.95. The third-order valence-electron chi connectivity index (χ3n) is 4.84. The molecule has 2 aromatic carbocycles. The first kappa shape index (κ1) is 20.6. The van der Waals surface area contributed by atoms with Gasteiger partial charge in [-0.2, -0.15) is 0 Å². The van der Waals surface area contributed by atoms with E-state index in [0.717, 1.165) is 16.7 Å². The van der Waals surface area contributed by atoms with Crippen molar-refractivity contribution in [2.75, 3.05) is 13.7 Å².